The van der Waals surface area contributed by atoms with Crippen LogP contribution in [0, 0.1) is 0 Å². The number of hydrogen-bond acceptors (Lipinski definition) is 3. The van der Waals surface area contributed by atoms with Crippen LogP contribution < -0.4 is 0 Å². The highest BCUT2D eigenvalue weighted by atomic mass is 79.9. The van der Waals surface area contributed by atoms with Gasteiger partial charge in [-0.1, -0.05) is 39.3 Å². The van der Waals surface area contributed by atoms with Gasteiger partial charge in [0, 0.05) is 10.0 Å². The van der Waals surface area contributed by atoms with Crippen molar-refractivity contribution >= 4 is 21.9 Å². The van der Waals surface area contributed by atoms with Gasteiger partial charge in [-0.05, 0) is 6.07 Å². The molecule has 4 nitrogen and oxygen atoms in total. The van der Waals surface area contributed by atoms with E-state index in [2.05, 4.69) is 25.6 Å². The molecule has 2 aromatic rings. The first-order valence-corrected chi connectivity index (χ1v) is 4.92. The number of rotatable bonds is 2. The summed E-state index contributed by atoms with van der Waals surface area (Å²) in [6.45, 7) is 0. The number of halogens is 1. The first kappa shape index (κ1) is 9.92. The average Bonchev–Trinajstić information content (AvgIpc) is 2.67. The van der Waals surface area contributed by atoms with Gasteiger partial charge in [0.25, 0.3) is 5.76 Å². The average molecular weight is 268 g/mol. The van der Waals surface area contributed by atoms with Crippen LogP contribution in [0.2, 0.25) is 0 Å². The zero-order chi connectivity index (χ0) is 10.8. The van der Waals surface area contributed by atoms with Crippen LogP contribution in [-0.4, -0.2) is 16.2 Å². The van der Waals surface area contributed by atoms with Crippen LogP contribution in [0.4, 0.5) is 0 Å². The van der Waals surface area contributed by atoms with Gasteiger partial charge < -0.3 is 9.63 Å². The molecule has 0 saturated carbocycles. The number of benzene rings is 1. The van der Waals surface area contributed by atoms with Crippen LogP contribution in [-0.2, 0) is 0 Å². The summed E-state index contributed by atoms with van der Waals surface area (Å²) in [6, 6.07) is 7.29. The van der Waals surface area contributed by atoms with Gasteiger partial charge in [0.1, 0.15) is 0 Å². The molecule has 0 aliphatic rings. The molecule has 1 N–H and O–H groups in total. The minimum Gasteiger partial charge on any atom is -0.475 e. The number of carboxylic acids is 1. The summed E-state index contributed by atoms with van der Waals surface area (Å²) < 4.78 is 5.47. The molecule has 0 amide bonds. The van der Waals surface area contributed by atoms with Crippen molar-refractivity contribution in [2.75, 3.05) is 0 Å². The maximum absolute atomic E-state index is 10.8. The molecule has 0 unspecified atom stereocenters. The number of aromatic carboxylic acids is 1. The molecule has 1 aromatic carbocycles. The van der Waals surface area contributed by atoms with Crippen LogP contribution in [0.5, 0.6) is 0 Å². The molecule has 0 aliphatic heterocycles. The van der Waals surface area contributed by atoms with Gasteiger partial charge in [-0.15, -0.1) is 0 Å². The van der Waals surface area contributed by atoms with Crippen LogP contribution >= 0.6 is 15.9 Å². The lowest BCUT2D eigenvalue weighted by atomic mass is 10.1. The van der Waals surface area contributed by atoms with Crippen LogP contribution in [0.3, 0.4) is 0 Å². The maximum Gasteiger partial charge on any atom is 0.375 e. The summed E-state index contributed by atoms with van der Waals surface area (Å²) in [7, 11) is 0. The SMILES string of the molecule is O=C(O)c1oncc1-c1ccccc1Br. The Balaban J connectivity index is 2.59. The van der Waals surface area contributed by atoms with Crippen LogP contribution in [0.25, 0.3) is 11.1 Å². The summed E-state index contributed by atoms with van der Waals surface area (Å²) in [6.07, 6.45) is 1.39. The Labute approximate surface area is 93.6 Å². The quantitative estimate of drug-likeness (QED) is 0.909. The van der Waals surface area contributed by atoms with Gasteiger partial charge in [-0.25, -0.2) is 4.79 Å². The fourth-order valence-corrected chi connectivity index (χ4v) is 1.76. The summed E-state index contributed by atoms with van der Waals surface area (Å²) >= 11 is 3.34. The lowest BCUT2D eigenvalue weighted by Gasteiger charge is -2.00. The molecule has 0 saturated heterocycles. The van der Waals surface area contributed by atoms with Crippen molar-refractivity contribution in [3.63, 3.8) is 0 Å². The van der Waals surface area contributed by atoms with Gasteiger partial charge in [-0.2, -0.15) is 0 Å². The first-order chi connectivity index (χ1) is 7.20. The fraction of sp³-hybridized carbons (Fsp3) is 0. The fourth-order valence-electron chi connectivity index (χ4n) is 1.27. The lowest BCUT2D eigenvalue weighted by molar-refractivity contribution is 0.0653. The third-order valence-electron chi connectivity index (χ3n) is 1.93. The number of aromatic nitrogens is 1. The Kier molecular flexibility index (Phi) is 2.55. The highest BCUT2D eigenvalue weighted by molar-refractivity contribution is 9.10. The van der Waals surface area contributed by atoms with E-state index < -0.39 is 5.97 Å². The largest absolute Gasteiger partial charge is 0.475 e. The second-order valence-corrected chi connectivity index (χ2v) is 3.71. The number of nitrogens with zero attached hydrogens (tertiary/aromatic N) is 1. The lowest BCUT2D eigenvalue weighted by Crippen LogP contribution is -1.96. The van der Waals surface area contributed by atoms with Gasteiger partial charge in [0.2, 0.25) is 0 Å². The van der Waals surface area contributed by atoms with E-state index in [0.29, 0.717) is 5.56 Å². The van der Waals surface area contributed by atoms with E-state index in [1.807, 2.05) is 18.2 Å². The molecule has 0 bridgehead atoms. The Morgan fingerprint density at radius 3 is 2.73 bits per heavy atom. The van der Waals surface area contributed by atoms with Gasteiger partial charge >= 0.3 is 5.97 Å². The van der Waals surface area contributed by atoms with Crippen molar-refractivity contribution in [1.29, 1.82) is 0 Å². The van der Waals surface area contributed by atoms with E-state index in [0.717, 1.165) is 10.0 Å². The smallest absolute Gasteiger partial charge is 0.375 e. The highest BCUT2D eigenvalue weighted by Crippen LogP contribution is 2.30. The van der Waals surface area contributed by atoms with Crippen molar-refractivity contribution in [1.82, 2.24) is 5.16 Å². The molecule has 0 fully saturated rings. The Morgan fingerprint density at radius 2 is 2.07 bits per heavy atom. The zero-order valence-electron chi connectivity index (χ0n) is 7.48. The Hall–Kier alpha value is -1.62. The van der Waals surface area contributed by atoms with E-state index in [-0.39, 0.29) is 5.76 Å². The maximum atomic E-state index is 10.8. The van der Waals surface area contributed by atoms with E-state index >= 15 is 0 Å². The third-order valence-corrected chi connectivity index (χ3v) is 2.62. The predicted octanol–water partition coefficient (Wildman–Crippen LogP) is 2.80. The minimum absolute atomic E-state index is 0.151. The molecule has 0 aliphatic carbocycles. The van der Waals surface area contributed by atoms with E-state index in [4.69, 9.17) is 5.11 Å². The normalized spacial score (nSPS) is 10.2. The highest BCUT2D eigenvalue weighted by Gasteiger charge is 2.18. The zero-order valence-corrected chi connectivity index (χ0v) is 9.06. The Morgan fingerprint density at radius 1 is 1.33 bits per heavy atom. The van der Waals surface area contributed by atoms with Crippen molar-refractivity contribution in [2.45, 2.75) is 0 Å². The van der Waals surface area contributed by atoms with Gasteiger partial charge in [-0.3, -0.25) is 0 Å². The second-order valence-electron chi connectivity index (χ2n) is 2.85. The van der Waals surface area contributed by atoms with Crippen molar-refractivity contribution in [3.8, 4) is 11.1 Å². The molecule has 1 aromatic heterocycles. The molecular weight excluding hydrogens is 262 g/mol. The number of carboxylic acid groups (broad SMARTS) is 1. The molecule has 0 atom stereocenters. The molecule has 2 rings (SSSR count). The minimum atomic E-state index is -1.13. The van der Waals surface area contributed by atoms with Crippen molar-refractivity contribution in [3.05, 3.63) is 40.7 Å². The summed E-state index contributed by atoms with van der Waals surface area (Å²) in [4.78, 5) is 10.8. The first-order valence-electron chi connectivity index (χ1n) is 4.13. The van der Waals surface area contributed by atoms with Crippen molar-refractivity contribution in [2.24, 2.45) is 0 Å². The van der Waals surface area contributed by atoms with Gasteiger partial charge in [0.05, 0.1) is 11.8 Å². The molecule has 0 radical (unpaired) electrons. The number of hydrogen-bond donors (Lipinski definition) is 1. The second kappa shape index (κ2) is 3.86. The van der Waals surface area contributed by atoms with Crippen LogP contribution in [0.1, 0.15) is 10.6 Å². The monoisotopic (exact) mass is 267 g/mol. The summed E-state index contributed by atoms with van der Waals surface area (Å²) in [5, 5.41) is 12.3. The standard InChI is InChI=1S/C10H6BrNO3/c11-8-4-2-1-3-6(8)7-5-12-15-9(7)10(13)14/h1-5H,(H,13,14). The van der Waals surface area contributed by atoms with E-state index in [9.17, 15) is 4.79 Å². The van der Waals surface area contributed by atoms with Gasteiger partial charge in [0.15, 0.2) is 0 Å². The predicted molar refractivity (Wildman–Crippen MR) is 56.6 cm³/mol. The molecule has 0 spiro atoms. The summed E-state index contributed by atoms with van der Waals surface area (Å²) in [5.41, 5.74) is 1.21. The van der Waals surface area contributed by atoms with Crippen LogP contribution in [0.15, 0.2) is 39.5 Å². The topological polar surface area (TPSA) is 63.3 Å². The van der Waals surface area contributed by atoms with E-state index in [1.165, 1.54) is 6.20 Å². The summed E-state index contributed by atoms with van der Waals surface area (Å²) in [5.74, 6) is -1.28. The molecule has 76 valence electrons. The Bertz CT molecular complexity index is 507. The molecule has 15 heavy (non-hydrogen) atoms. The van der Waals surface area contributed by atoms with E-state index in [1.54, 1.807) is 6.07 Å². The third kappa shape index (κ3) is 1.78. The number of carbonyl (C=O) groups is 1. The molecular formula is C10H6BrNO3. The molecule has 1 heterocycles. The molecule has 5 heteroatoms. The van der Waals surface area contributed by atoms with Crippen molar-refractivity contribution < 1.29 is 14.4 Å².